The fourth-order valence-corrected chi connectivity index (χ4v) is 4.85. The predicted molar refractivity (Wildman–Crippen MR) is 124 cm³/mol. The van der Waals surface area contributed by atoms with Crippen LogP contribution in [0.4, 0.5) is 5.82 Å². The zero-order chi connectivity index (χ0) is 22.5. The molecular formula is C23H26N8O2. The van der Waals surface area contributed by atoms with Gasteiger partial charge in [-0.05, 0) is 43.7 Å². The highest BCUT2D eigenvalue weighted by Gasteiger charge is 2.29. The first-order valence-corrected chi connectivity index (χ1v) is 11.5. The second-order valence-corrected chi connectivity index (χ2v) is 9.08. The third kappa shape index (κ3) is 3.46. The Kier molecular flexibility index (Phi) is 4.67. The molecule has 1 aliphatic carbocycles. The normalized spacial score (nSPS) is 18.8. The lowest BCUT2D eigenvalue weighted by Gasteiger charge is -2.34. The summed E-state index contributed by atoms with van der Waals surface area (Å²) >= 11 is 0. The van der Waals surface area contributed by atoms with Crippen LogP contribution >= 0.6 is 0 Å². The maximum atomic E-state index is 12.7. The smallest absolute Gasteiger partial charge is 0.326 e. The van der Waals surface area contributed by atoms with Gasteiger partial charge in [0.25, 0.3) is 5.91 Å². The molecule has 1 saturated carbocycles. The van der Waals surface area contributed by atoms with Crippen LogP contribution in [0.2, 0.25) is 0 Å². The lowest BCUT2D eigenvalue weighted by atomic mass is 10.1. The number of aromatic nitrogens is 6. The number of para-hydroxylation sites is 2. The molecular weight excluding hydrogens is 420 g/mol. The van der Waals surface area contributed by atoms with Gasteiger partial charge in [-0.3, -0.25) is 9.36 Å². The van der Waals surface area contributed by atoms with Crippen molar-refractivity contribution in [1.82, 2.24) is 34.4 Å². The fourth-order valence-electron chi connectivity index (χ4n) is 4.85. The second kappa shape index (κ2) is 7.72. The van der Waals surface area contributed by atoms with Crippen LogP contribution in [-0.4, -0.2) is 54.6 Å². The first kappa shape index (κ1) is 20.0. The van der Waals surface area contributed by atoms with Crippen molar-refractivity contribution in [1.29, 1.82) is 0 Å². The molecule has 4 heterocycles. The van der Waals surface area contributed by atoms with E-state index >= 15 is 0 Å². The quantitative estimate of drug-likeness (QED) is 0.485. The molecule has 2 aliphatic rings. The number of nitrogens with zero attached hydrogens (tertiary/aromatic N) is 6. The lowest BCUT2D eigenvalue weighted by Crippen LogP contribution is -2.39. The van der Waals surface area contributed by atoms with Crippen LogP contribution in [0.1, 0.15) is 42.3 Å². The van der Waals surface area contributed by atoms with Crippen molar-refractivity contribution in [2.75, 3.05) is 24.5 Å². The summed E-state index contributed by atoms with van der Waals surface area (Å²) in [7, 11) is 1.81. The van der Waals surface area contributed by atoms with E-state index < -0.39 is 0 Å². The minimum atomic E-state index is -0.185. The SMILES string of the molecule is Cn1c(C(=O)NCC2CC2)nc2c(N3CCCC(n4c(=O)[nH]c5ccccc54)C3)ncnc21. The number of hydrogen-bond acceptors (Lipinski definition) is 6. The van der Waals surface area contributed by atoms with Crippen molar-refractivity contribution in [3.63, 3.8) is 0 Å². The Hall–Kier alpha value is -3.69. The van der Waals surface area contributed by atoms with E-state index in [1.165, 1.54) is 19.2 Å². The highest BCUT2D eigenvalue weighted by Crippen LogP contribution is 2.30. The van der Waals surface area contributed by atoms with E-state index in [0.717, 1.165) is 30.4 Å². The summed E-state index contributed by atoms with van der Waals surface area (Å²) in [5.41, 5.74) is 2.90. The zero-order valence-electron chi connectivity index (χ0n) is 18.5. The van der Waals surface area contributed by atoms with Gasteiger partial charge in [-0.25, -0.2) is 19.7 Å². The van der Waals surface area contributed by atoms with Crippen molar-refractivity contribution in [2.45, 2.75) is 31.7 Å². The van der Waals surface area contributed by atoms with Crippen LogP contribution in [0.5, 0.6) is 0 Å². The number of fused-ring (bicyclic) bond motifs is 2. The molecule has 6 rings (SSSR count). The number of nitrogens with one attached hydrogen (secondary N) is 2. The largest absolute Gasteiger partial charge is 0.353 e. The molecule has 170 valence electrons. The number of benzene rings is 1. The zero-order valence-corrected chi connectivity index (χ0v) is 18.5. The van der Waals surface area contributed by atoms with Crippen molar-refractivity contribution in [3.8, 4) is 0 Å². The predicted octanol–water partition coefficient (Wildman–Crippen LogP) is 1.99. The number of hydrogen-bond donors (Lipinski definition) is 2. The van der Waals surface area contributed by atoms with Crippen molar-refractivity contribution < 1.29 is 4.79 Å². The van der Waals surface area contributed by atoms with E-state index in [0.29, 0.717) is 41.8 Å². The molecule has 1 aliphatic heterocycles. The summed E-state index contributed by atoms with van der Waals surface area (Å²) in [6, 6.07) is 7.78. The van der Waals surface area contributed by atoms with Gasteiger partial charge in [-0.1, -0.05) is 12.1 Å². The molecule has 3 aromatic heterocycles. The minimum Gasteiger partial charge on any atom is -0.353 e. The molecule has 0 spiro atoms. The van der Waals surface area contributed by atoms with E-state index in [4.69, 9.17) is 0 Å². The van der Waals surface area contributed by atoms with Crippen LogP contribution in [-0.2, 0) is 7.05 Å². The van der Waals surface area contributed by atoms with E-state index in [9.17, 15) is 9.59 Å². The maximum Gasteiger partial charge on any atom is 0.326 e. The Labute approximate surface area is 189 Å². The molecule has 0 bridgehead atoms. The van der Waals surface area contributed by atoms with Gasteiger partial charge >= 0.3 is 5.69 Å². The molecule has 2 fully saturated rings. The van der Waals surface area contributed by atoms with E-state index in [1.54, 1.807) is 4.57 Å². The Morgan fingerprint density at radius 1 is 1.21 bits per heavy atom. The van der Waals surface area contributed by atoms with Crippen LogP contribution in [0.3, 0.4) is 0 Å². The number of piperidine rings is 1. The highest BCUT2D eigenvalue weighted by atomic mass is 16.2. The fraction of sp³-hybridized carbons (Fsp3) is 0.435. The summed E-state index contributed by atoms with van der Waals surface area (Å²) in [6.07, 6.45) is 5.70. The van der Waals surface area contributed by atoms with Gasteiger partial charge in [0.05, 0.1) is 17.1 Å². The van der Waals surface area contributed by atoms with Gasteiger partial charge in [0.2, 0.25) is 5.82 Å². The van der Waals surface area contributed by atoms with Gasteiger partial charge in [-0.15, -0.1) is 0 Å². The molecule has 1 unspecified atom stereocenters. The average molecular weight is 447 g/mol. The Balaban J connectivity index is 1.33. The lowest BCUT2D eigenvalue weighted by molar-refractivity contribution is 0.0939. The second-order valence-electron chi connectivity index (χ2n) is 9.08. The van der Waals surface area contributed by atoms with Crippen molar-refractivity contribution in [3.05, 3.63) is 46.9 Å². The third-order valence-corrected chi connectivity index (χ3v) is 6.77. The van der Waals surface area contributed by atoms with Crippen molar-refractivity contribution in [2.24, 2.45) is 13.0 Å². The maximum absolute atomic E-state index is 12.7. The molecule has 4 aromatic rings. The van der Waals surface area contributed by atoms with Crippen LogP contribution in [0.15, 0.2) is 35.4 Å². The average Bonchev–Trinajstić information content (AvgIpc) is 3.52. The minimum absolute atomic E-state index is 0.0115. The topological polar surface area (TPSA) is 114 Å². The number of amides is 1. The number of H-pyrrole nitrogens is 1. The van der Waals surface area contributed by atoms with E-state index in [2.05, 4.69) is 30.2 Å². The molecule has 1 aromatic carbocycles. The number of imidazole rings is 2. The van der Waals surface area contributed by atoms with Gasteiger partial charge in [0.1, 0.15) is 6.33 Å². The summed E-state index contributed by atoms with van der Waals surface area (Å²) < 4.78 is 3.59. The standard InChI is InChI=1S/C23H26N8O2/c1-29-19-18(28-21(29)22(32)24-11-14-8-9-14)20(26-13-25-19)30-10-4-5-15(12-30)31-17-7-3-2-6-16(17)27-23(31)33/h2-3,6-7,13-15H,4-5,8-12H2,1H3,(H,24,32)(H,27,33). The molecule has 1 amide bonds. The number of carbonyl (C=O) groups is 1. The third-order valence-electron chi connectivity index (χ3n) is 6.77. The summed E-state index contributed by atoms with van der Waals surface area (Å²) in [5.74, 6) is 1.45. The first-order chi connectivity index (χ1) is 16.1. The highest BCUT2D eigenvalue weighted by molar-refractivity contribution is 5.96. The summed E-state index contributed by atoms with van der Waals surface area (Å²) in [5, 5.41) is 2.98. The van der Waals surface area contributed by atoms with Gasteiger partial charge in [-0.2, -0.15) is 0 Å². The van der Waals surface area contributed by atoms with Gasteiger partial charge in [0, 0.05) is 26.7 Å². The number of aryl methyl sites for hydroxylation is 1. The molecule has 1 saturated heterocycles. The summed E-state index contributed by atoms with van der Waals surface area (Å²) in [6.45, 7) is 2.13. The van der Waals surface area contributed by atoms with Crippen LogP contribution in [0, 0.1) is 5.92 Å². The van der Waals surface area contributed by atoms with E-state index in [1.807, 2.05) is 35.9 Å². The Morgan fingerprint density at radius 3 is 2.91 bits per heavy atom. The number of carbonyl (C=O) groups excluding carboxylic acids is 1. The number of rotatable bonds is 5. The number of anilines is 1. The molecule has 10 heteroatoms. The van der Waals surface area contributed by atoms with Gasteiger partial charge in [0.15, 0.2) is 17.0 Å². The monoisotopic (exact) mass is 446 g/mol. The van der Waals surface area contributed by atoms with Gasteiger partial charge < -0.3 is 19.8 Å². The Morgan fingerprint density at radius 2 is 2.06 bits per heavy atom. The van der Waals surface area contributed by atoms with Crippen molar-refractivity contribution >= 4 is 33.9 Å². The molecule has 10 nitrogen and oxygen atoms in total. The molecule has 2 N–H and O–H groups in total. The number of aromatic amines is 1. The first-order valence-electron chi connectivity index (χ1n) is 11.5. The molecule has 0 radical (unpaired) electrons. The molecule has 33 heavy (non-hydrogen) atoms. The molecule has 1 atom stereocenters. The summed E-state index contributed by atoms with van der Waals surface area (Å²) in [4.78, 5) is 44.2. The van der Waals surface area contributed by atoms with Crippen LogP contribution in [0.25, 0.3) is 22.2 Å². The van der Waals surface area contributed by atoms with E-state index in [-0.39, 0.29) is 17.6 Å². The van der Waals surface area contributed by atoms with Crippen LogP contribution < -0.4 is 15.9 Å². The Bertz CT molecular complexity index is 1410.